The minimum absolute atomic E-state index is 0. The van der Waals surface area contributed by atoms with E-state index in [1.807, 2.05) is 24.3 Å². The van der Waals surface area contributed by atoms with E-state index in [4.69, 9.17) is 4.74 Å². The van der Waals surface area contributed by atoms with Gasteiger partial charge in [0.1, 0.15) is 11.6 Å². The number of hydrogen-bond acceptors (Lipinski definition) is 3. The van der Waals surface area contributed by atoms with Crippen LogP contribution in [-0.2, 0) is 6.54 Å². The van der Waals surface area contributed by atoms with Crippen LogP contribution in [0.5, 0.6) is 5.75 Å². The Labute approximate surface area is 196 Å². The van der Waals surface area contributed by atoms with E-state index < -0.39 is 0 Å². The summed E-state index contributed by atoms with van der Waals surface area (Å²) in [5, 5.41) is 7.41. The van der Waals surface area contributed by atoms with Crippen LogP contribution in [0.4, 0.5) is 4.39 Å². The molecule has 0 radical (unpaired) electrons. The minimum Gasteiger partial charge on any atom is -0.496 e. The van der Waals surface area contributed by atoms with Gasteiger partial charge in [0, 0.05) is 24.2 Å². The summed E-state index contributed by atoms with van der Waals surface area (Å²) in [6.07, 6.45) is 2.29. The largest absolute Gasteiger partial charge is 0.496 e. The van der Waals surface area contributed by atoms with E-state index in [1.54, 1.807) is 7.11 Å². The van der Waals surface area contributed by atoms with Gasteiger partial charge in [-0.3, -0.25) is 0 Å². The molecule has 31 heavy (non-hydrogen) atoms. The molecule has 0 amide bonds. The lowest BCUT2D eigenvalue weighted by molar-refractivity contribution is 0.303. The van der Waals surface area contributed by atoms with Crippen LogP contribution in [0.25, 0.3) is 11.1 Å². The van der Waals surface area contributed by atoms with Crippen LogP contribution >= 0.6 is 24.8 Å². The predicted octanol–water partition coefficient (Wildman–Crippen LogP) is 5.93. The van der Waals surface area contributed by atoms with Crippen LogP contribution in [0.15, 0.2) is 72.8 Å². The van der Waals surface area contributed by atoms with Crippen molar-refractivity contribution < 1.29 is 9.13 Å². The van der Waals surface area contributed by atoms with Gasteiger partial charge in [-0.1, -0.05) is 48.5 Å². The number of rotatable bonds is 6. The van der Waals surface area contributed by atoms with E-state index in [9.17, 15) is 4.39 Å². The van der Waals surface area contributed by atoms with Crippen LogP contribution in [-0.4, -0.2) is 19.7 Å². The molecule has 0 bridgehead atoms. The maximum atomic E-state index is 13.3. The average molecular weight is 463 g/mol. The molecule has 2 N–H and O–H groups in total. The number of hydrogen-bond donors (Lipinski definition) is 2. The Hall–Kier alpha value is -2.11. The summed E-state index contributed by atoms with van der Waals surface area (Å²) < 4.78 is 18.9. The molecular formula is C25H29Cl2FN2O. The van der Waals surface area contributed by atoms with Crippen LogP contribution < -0.4 is 15.4 Å². The molecular weight excluding hydrogens is 434 g/mol. The Balaban J connectivity index is 0.00000171. The zero-order valence-electron chi connectivity index (χ0n) is 17.5. The van der Waals surface area contributed by atoms with Gasteiger partial charge in [0.2, 0.25) is 0 Å². The molecule has 166 valence electrons. The first-order valence-corrected chi connectivity index (χ1v) is 10.2. The second kappa shape index (κ2) is 12.1. The summed E-state index contributed by atoms with van der Waals surface area (Å²) in [5.74, 6) is 0.643. The lowest BCUT2D eigenvalue weighted by Crippen LogP contribution is -2.45. The number of benzene rings is 3. The second-order valence-electron chi connectivity index (χ2n) is 7.51. The summed E-state index contributed by atoms with van der Waals surface area (Å²) in [6.45, 7) is 1.76. The Bertz CT molecular complexity index is 938. The molecule has 0 saturated carbocycles. The fraction of sp³-hybridized carbons (Fsp3) is 0.280. The van der Waals surface area contributed by atoms with Gasteiger partial charge in [-0.15, -0.1) is 24.8 Å². The molecule has 2 atom stereocenters. The van der Waals surface area contributed by atoms with Crippen LogP contribution in [0.1, 0.15) is 30.0 Å². The number of halogens is 3. The third-order valence-electron chi connectivity index (χ3n) is 5.63. The third-order valence-corrected chi connectivity index (χ3v) is 5.63. The van der Waals surface area contributed by atoms with Gasteiger partial charge in [-0.25, -0.2) is 4.39 Å². The molecule has 1 saturated heterocycles. The summed E-state index contributed by atoms with van der Waals surface area (Å²) in [7, 11) is 1.70. The third kappa shape index (κ3) is 6.20. The van der Waals surface area contributed by atoms with Crippen LogP contribution in [0.2, 0.25) is 0 Å². The molecule has 4 rings (SSSR count). The van der Waals surface area contributed by atoms with Crippen molar-refractivity contribution in [3.8, 4) is 16.9 Å². The lowest BCUT2D eigenvalue weighted by Gasteiger charge is -2.34. The summed E-state index contributed by atoms with van der Waals surface area (Å²) >= 11 is 0. The highest BCUT2D eigenvalue weighted by atomic mass is 35.5. The molecule has 3 aromatic rings. The van der Waals surface area contributed by atoms with E-state index in [2.05, 4.69) is 47.0 Å². The number of ether oxygens (including phenoxy) is 1. The van der Waals surface area contributed by atoms with Gasteiger partial charge < -0.3 is 15.4 Å². The Kier molecular flexibility index (Phi) is 9.79. The maximum Gasteiger partial charge on any atom is 0.123 e. The molecule has 3 aromatic carbocycles. The standard InChI is InChI=1S/C25H27FN2O.2ClH/c1-29-24-14-11-20(18-9-12-22(26)13-10-18)16-21(24)17-28-23-8-5-15-27-25(23)19-6-3-2-4-7-19;;/h2-4,6-7,9-14,16,23,25,27-28H,5,8,15,17H2,1H3;2*1H/t23-,25+;;/m0../s1. The van der Waals surface area contributed by atoms with Crippen molar-refractivity contribution in [1.82, 2.24) is 10.6 Å². The predicted molar refractivity (Wildman–Crippen MR) is 130 cm³/mol. The normalized spacial score (nSPS) is 17.9. The van der Waals surface area contributed by atoms with E-state index >= 15 is 0 Å². The topological polar surface area (TPSA) is 33.3 Å². The quantitative estimate of drug-likeness (QED) is 0.476. The van der Waals surface area contributed by atoms with Crippen LogP contribution in [0.3, 0.4) is 0 Å². The zero-order chi connectivity index (χ0) is 20.1. The maximum absolute atomic E-state index is 13.3. The highest BCUT2D eigenvalue weighted by molar-refractivity contribution is 5.85. The van der Waals surface area contributed by atoms with E-state index in [0.29, 0.717) is 18.6 Å². The van der Waals surface area contributed by atoms with Gasteiger partial charge in [-0.05, 0) is 60.3 Å². The van der Waals surface area contributed by atoms with Gasteiger partial charge >= 0.3 is 0 Å². The van der Waals surface area contributed by atoms with E-state index in [1.165, 1.54) is 17.7 Å². The average Bonchev–Trinajstić information content (AvgIpc) is 2.79. The lowest BCUT2D eigenvalue weighted by atomic mass is 9.92. The minimum atomic E-state index is -0.221. The van der Waals surface area contributed by atoms with Crippen molar-refractivity contribution in [1.29, 1.82) is 0 Å². The van der Waals surface area contributed by atoms with Crippen molar-refractivity contribution in [3.05, 3.63) is 89.7 Å². The molecule has 0 spiro atoms. The zero-order valence-corrected chi connectivity index (χ0v) is 19.1. The van der Waals surface area contributed by atoms with Crippen molar-refractivity contribution in [2.75, 3.05) is 13.7 Å². The molecule has 6 heteroatoms. The molecule has 0 aliphatic carbocycles. The van der Waals surface area contributed by atoms with Crippen LogP contribution in [0, 0.1) is 5.82 Å². The summed E-state index contributed by atoms with van der Waals surface area (Å²) in [6, 6.07) is 24.0. The smallest absolute Gasteiger partial charge is 0.123 e. The molecule has 1 heterocycles. The van der Waals surface area contributed by atoms with Gasteiger partial charge in [0.05, 0.1) is 7.11 Å². The van der Waals surface area contributed by atoms with E-state index in [-0.39, 0.29) is 30.6 Å². The first-order chi connectivity index (χ1) is 14.2. The van der Waals surface area contributed by atoms with Gasteiger partial charge in [-0.2, -0.15) is 0 Å². The summed E-state index contributed by atoms with van der Waals surface area (Å²) in [4.78, 5) is 0. The van der Waals surface area contributed by atoms with Crippen molar-refractivity contribution in [2.24, 2.45) is 0 Å². The van der Waals surface area contributed by atoms with E-state index in [0.717, 1.165) is 41.8 Å². The number of methoxy groups -OCH3 is 1. The SMILES string of the molecule is COc1ccc(-c2ccc(F)cc2)cc1CN[C@H]1CCCN[C@@H]1c1ccccc1.Cl.Cl. The Morgan fingerprint density at radius 1 is 0.968 bits per heavy atom. The molecule has 0 aromatic heterocycles. The highest BCUT2D eigenvalue weighted by Crippen LogP contribution is 2.28. The molecule has 0 unspecified atom stereocenters. The number of piperidine rings is 1. The van der Waals surface area contributed by atoms with Crippen molar-refractivity contribution in [3.63, 3.8) is 0 Å². The monoisotopic (exact) mass is 462 g/mol. The fourth-order valence-corrected chi connectivity index (χ4v) is 4.10. The molecule has 1 fully saturated rings. The van der Waals surface area contributed by atoms with Crippen molar-refractivity contribution in [2.45, 2.75) is 31.5 Å². The second-order valence-corrected chi connectivity index (χ2v) is 7.51. The Morgan fingerprint density at radius 2 is 1.68 bits per heavy atom. The first-order valence-electron chi connectivity index (χ1n) is 10.2. The van der Waals surface area contributed by atoms with Gasteiger partial charge in [0.25, 0.3) is 0 Å². The first kappa shape index (κ1) is 25.2. The molecule has 3 nitrogen and oxygen atoms in total. The van der Waals surface area contributed by atoms with Gasteiger partial charge in [0.15, 0.2) is 0 Å². The highest BCUT2D eigenvalue weighted by Gasteiger charge is 2.25. The fourth-order valence-electron chi connectivity index (χ4n) is 4.10. The van der Waals surface area contributed by atoms with Crippen molar-refractivity contribution >= 4 is 24.8 Å². The Morgan fingerprint density at radius 3 is 2.39 bits per heavy atom. The number of nitrogens with one attached hydrogen (secondary N) is 2. The summed E-state index contributed by atoms with van der Waals surface area (Å²) in [5.41, 5.74) is 4.48. The molecule has 1 aliphatic rings. The molecule has 1 aliphatic heterocycles.